The number of aryl methyl sites for hydroxylation is 3. The molecule has 2 nitrogen and oxygen atoms in total. The Labute approximate surface area is 106 Å². The first kappa shape index (κ1) is 10.9. The lowest BCUT2D eigenvalue weighted by Crippen LogP contribution is -2.10. The molecule has 2 aromatic rings. The van der Waals surface area contributed by atoms with Crippen LogP contribution in [0.1, 0.15) is 38.9 Å². The van der Waals surface area contributed by atoms with E-state index in [9.17, 15) is 0 Å². The Morgan fingerprint density at radius 1 is 1.29 bits per heavy atom. The third kappa shape index (κ3) is 2.01. The van der Waals surface area contributed by atoms with E-state index in [-0.39, 0.29) is 6.04 Å². The molecule has 0 fully saturated rings. The van der Waals surface area contributed by atoms with E-state index in [0.717, 1.165) is 5.56 Å². The fourth-order valence-corrected chi connectivity index (χ4v) is 3.71. The van der Waals surface area contributed by atoms with Crippen molar-refractivity contribution in [2.45, 2.75) is 32.2 Å². The van der Waals surface area contributed by atoms with E-state index in [1.165, 1.54) is 40.1 Å². The van der Waals surface area contributed by atoms with Gasteiger partial charge < -0.3 is 5.73 Å². The molecule has 1 aliphatic carbocycles. The molecule has 17 heavy (non-hydrogen) atoms. The molecule has 88 valence electrons. The maximum atomic E-state index is 6.32. The Kier molecular flexibility index (Phi) is 2.73. The summed E-state index contributed by atoms with van der Waals surface area (Å²) < 4.78 is 0. The van der Waals surface area contributed by atoms with Crippen LogP contribution in [0.4, 0.5) is 0 Å². The molecule has 0 spiro atoms. The summed E-state index contributed by atoms with van der Waals surface area (Å²) in [6.07, 6.45) is 7.51. The van der Waals surface area contributed by atoms with Gasteiger partial charge in [-0.05, 0) is 48.9 Å². The van der Waals surface area contributed by atoms with E-state index in [1.807, 2.05) is 23.7 Å². The molecular weight excluding hydrogens is 228 g/mol. The summed E-state index contributed by atoms with van der Waals surface area (Å²) in [4.78, 5) is 7.04. The van der Waals surface area contributed by atoms with Crippen LogP contribution in [0.2, 0.25) is 0 Å². The zero-order valence-electron chi connectivity index (χ0n) is 9.94. The van der Waals surface area contributed by atoms with Crippen molar-refractivity contribution < 1.29 is 0 Å². The molecule has 1 atom stereocenters. The van der Waals surface area contributed by atoms with Crippen molar-refractivity contribution >= 4 is 11.3 Å². The number of pyridine rings is 1. The van der Waals surface area contributed by atoms with Crippen LogP contribution in [-0.4, -0.2) is 4.98 Å². The summed E-state index contributed by atoms with van der Waals surface area (Å²) in [5, 5.41) is 0. The first-order valence-corrected chi connectivity index (χ1v) is 6.84. The van der Waals surface area contributed by atoms with Crippen LogP contribution in [-0.2, 0) is 12.8 Å². The second-order valence-corrected chi connectivity index (χ2v) is 5.89. The maximum absolute atomic E-state index is 6.32. The number of aromatic nitrogens is 1. The van der Waals surface area contributed by atoms with Crippen molar-refractivity contribution in [2.75, 3.05) is 0 Å². The average molecular weight is 244 g/mol. The summed E-state index contributed by atoms with van der Waals surface area (Å²) in [6, 6.07) is 4.40. The highest BCUT2D eigenvalue weighted by molar-refractivity contribution is 7.12. The number of nitrogens with zero attached hydrogens (tertiary/aromatic N) is 1. The molecule has 0 bridgehead atoms. The zero-order valence-corrected chi connectivity index (χ0v) is 10.8. The van der Waals surface area contributed by atoms with E-state index in [2.05, 4.69) is 24.0 Å². The first-order chi connectivity index (χ1) is 8.24. The molecule has 1 aliphatic rings. The van der Waals surface area contributed by atoms with Crippen molar-refractivity contribution in [3.05, 3.63) is 51.0 Å². The molecule has 2 heterocycles. The molecule has 3 heteroatoms. The van der Waals surface area contributed by atoms with Crippen molar-refractivity contribution in [1.29, 1.82) is 0 Å². The number of hydrogen-bond acceptors (Lipinski definition) is 3. The fraction of sp³-hybridized carbons (Fsp3) is 0.357. The SMILES string of the molecule is Cc1cncc(C(N)c2cc3c(s2)CCC3)c1. The second-order valence-electron chi connectivity index (χ2n) is 4.72. The Balaban J connectivity index is 1.93. The predicted octanol–water partition coefficient (Wildman–Crippen LogP) is 2.99. The van der Waals surface area contributed by atoms with E-state index < -0.39 is 0 Å². The maximum Gasteiger partial charge on any atom is 0.0661 e. The monoisotopic (exact) mass is 244 g/mol. The van der Waals surface area contributed by atoms with Gasteiger partial charge in [0.25, 0.3) is 0 Å². The largest absolute Gasteiger partial charge is 0.320 e. The minimum Gasteiger partial charge on any atom is -0.320 e. The first-order valence-electron chi connectivity index (χ1n) is 6.02. The third-order valence-corrected chi connectivity index (χ3v) is 4.65. The Bertz CT molecular complexity index is 523. The molecule has 0 aromatic carbocycles. The van der Waals surface area contributed by atoms with Crippen molar-refractivity contribution in [3.8, 4) is 0 Å². The minimum absolute atomic E-state index is 0.0157. The lowest BCUT2D eigenvalue weighted by molar-refractivity contribution is 0.872. The van der Waals surface area contributed by atoms with Gasteiger partial charge >= 0.3 is 0 Å². The molecule has 1 unspecified atom stereocenters. The fourth-order valence-electron chi connectivity index (χ4n) is 2.42. The van der Waals surface area contributed by atoms with E-state index >= 15 is 0 Å². The van der Waals surface area contributed by atoms with Crippen LogP contribution in [0.5, 0.6) is 0 Å². The van der Waals surface area contributed by atoms with Gasteiger partial charge in [0.2, 0.25) is 0 Å². The summed E-state index contributed by atoms with van der Waals surface area (Å²) in [6.45, 7) is 2.05. The molecule has 0 saturated carbocycles. The van der Waals surface area contributed by atoms with Crippen LogP contribution in [0.25, 0.3) is 0 Å². The van der Waals surface area contributed by atoms with Gasteiger partial charge in [-0.2, -0.15) is 0 Å². The Morgan fingerprint density at radius 2 is 2.18 bits per heavy atom. The predicted molar refractivity (Wildman–Crippen MR) is 71.3 cm³/mol. The van der Waals surface area contributed by atoms with E-state index in [0.29, 0.717) is 0 Å². The van der Waals surface area contributed by atoms with Gasteiger partial charge in [-0.3, -0.25) is 4.98 Å². The van der Waals surface area contributed by atoms with Gasteiger partial charge in [0, 0.05) is 22.1 Å². The van der Waals surface area contributed by atoms with Crippen LogP contribution >= 0.6 is 11.3 Å². The third-order valence-electron chi connectivity index (χ3n) is 3.33. The van der Waals surface area contributed by atoms with E-state index in [1.54, 1.807) is 0 Å². The molecule has 2 N–H and O–H groups in total. The molecule has 3 rings (SSSR count). The summed E-state index contributed by atoms with van der Waals surface area (Å²) >= 11 is 1.88. The number of rotatable bonds is 2. The summed E-state index contributed by atoms with van der Waals surface area (Å²) in [5.41, 5.74) is 10.1. The second kappa shape index (κ2) is 4.24. The smallest absolute Gasteiger partial charge is 0.0661 e. The molecule has 0 saturated heterocycles. The normalized spacial score (nSPS) is 15.9. The molecular formula is C14H16N2S. The highest BCUT2D eigenvalue weighted by Crippen LogP contribution is 2.34. The van der Waals surface area contributed by atoms with Crippen molar-refractivity contribution in [2.24, 2.45) is 5.73 Å². The van der Waals surface area contributed by atoms with Crippen LogP contribution < -0.4 is 5.73 Å². The summed E-state index contributed by atoms with van der Waals surface area (Å²) in [7, 11) is 0. The molecule has 0 aliphatic heterocycles. The van der Waals surface area contributed by atoms with Gasteiger partial charge in [-0.15, -0.1) is 11.3 Å². The minimum atomic E-state index is -0.0157. The average Bonchev–Trinajstić information content (AvgIpc) is 2.88. The van der Waals surface area contributed by atoms with Crippen LogP contribution in [0.3, 0.4) is 0 Å². The highest BCUT2D eigenvalue weighted by Gasteiger charge is 2.19. The van der Waals surface area contributed by atoms with Gasteiger partial charge in [0.05, 0.1) is 6.04 Å². The number of nitrogens with two attached hydrogens (primary N) is 1. The lowest BCUT2D eigenvalue weighted by Gasteiger charge is -2.10. The highest BCUT2D eigenvalue weighted by atomic mass is 32.1. The van der Waals surface area contributed by atoms with Gasteiger partial charge in [0.15, 0.2) is 0 Å². The molecule has 0 amide bonds. The van der Waals surface area contributed by atoms with E-state index in [4.69, 9.17) is 5.73 Å². The number of thiophene rings is 1. The van der Waals surface area contributed by atoms with Crippen molar-refractivity contribution in [3.63, 3.8) is 0 Å². The topological polar surface area (TPSA) is 38.9 Å². The Morgan fingerprint density at radius 3 is 2.94 bits per heavy atom. The van der Waals surface area contributed by atoms with Crippen LogP contribution in [0, 0.1) is 6.92 Å². The lowest BCUT2D eigenvalue weighted by atomic mass is 10.1. The number of fused-ring (bicyclic) bond motifs is 1. The Hall–Kier alpha value is -1.19. The molecule has 0 radical (unpaired) electrons. The summed E-state index contributed by atoms with van der Waals surface area (Å²) in [5.74, 6) is 0. The standard InChI is InChI=1S/C14H16N2S/c1-9-5-11(8-16-7-9)14(15)13-6-10-3-2-4-12(10)17-13/h5-8,14H,2-4,15H2,1H3. The van der Waals surface area contributed by atoms with Gasteiger partial charge in [-0.1, -0.05) is 6.07 Å². The van der Waals surface area contributed by atoms with Gasteiger partial charge in [0.1, 0.15) is 0 Å². The number of hydrogen-bond donors (Lipinski definition) is 1. The zero-order chi connectivity index (χ0) is 11.8. The van der Waals surface area contributed by atoms with Crippen LogP contribution in [0.15, 0.2) is 24.5 Å². The van der Waals surface area contributed by atoms with Crippen molar-refractivity contribution in [1.82, 2.24) is 4.98 Å². The van der Waals surface area contributed by atoms with Gasteiger partial charge in [-0.25, -0.2) is 0 Å². The molecule has 2 aromatic heterocycles. The quantitative estimate of drug-likeness (QED) is 0.882.